The molecule has 2 aromatic rings. The zero-order chi connectivity index (χ0) is 22.5. The summed E-state index contributed by atoms with van der Waals surface area (Å²) in [4.78, 5) is 0. The Morgan fingerprint density at radius 2 is 1.75 bits per heavy atom. The molecule has 0 nitrogen and oxygen atoms in total. The summed E-state index contributed by atoms with van der Waals surface area (Å²) >= 11 is 0. The molecule has 174 valence electrons. The van der Waals surface area contributed by atoms with Crippen molar-refractivity contribution in [2.45, 2.75) is 96.8 Å². The highest BCUT2D eigenvalue weighted by Gasteiger charge is 2.35. The summed E-state index contributed by atoms with van der Waals surface area (Å²) in [5.74, 6) is 1.82. The monoisotopic (exact) mass is 438 g/mol. The summed E-state index contributed by atoms with van der Waals surface area (Å²) in [5, 5.41) is 1.28. The first kappa shape index (κ1) is 23.5. The van der Waals surface area contributed by atoms with Crippen LogP contribution in [-0.4, -0.2) is 0 Å². The van der Waals surface area contributed by atoms with Crippen LogP contribution < -0.4 is 0 Å². The van der Waals surface area contributed by atoms with E-state index in [0.717, 1.165) is 29.6 Å². The van der Waals surface area contributed by atoms with E-state index < -0.39 is 11.6 Å². The van der Waals surface area contributed by atoms with Crippen LogP contribution in [0.4, 0.5) is 8.78 Å². The SMILES string of the molecule is CC=CCCc1cc2ccc(C3CCC4CC(CCCCC)CCC4C3)cc2c(F)c1F. The molecule has 0 aliphatic heterocycles. The van der Waals surface area contributed by atoms with Crippen molar-refractivity contribution in [2.24, 2.45) is 17.8 Å². The summed E-state index contributed by atoms with van der Waals surface area (Å²) in [6.07, 6.45) is 18.7. The molecule has 4 atom stereocenters. The number of rotatable bonds is 8. The fourth-order valence-electron chi connectivity index (χ4n) is 6.48. The smallest absolute Gasteiger partial charge is 0.166 e. The van der Waals surface area contributed by atoms with E-state index in [2.05, 4.69) is 13.0 Å². The van der Waals surface area contributed by atoms with E-state index in [9.17, 15) is 8.78 Å². The second kappa shape index (κ2) is 10.9. The van der Waals surface area contributed by atoms with Crippen molar-refractivity contribution >= 4 is 10.8 Å². The Morgan fingerprint density at radius 1 is 0.938 bits per heavy atom. The summed E-state index contributed by atoms with van der Waals surface area (Å²) < 4.78 is 29.7. The van der Waals surface area contributed by atoms with Crippen LogP contribution in [0.5, 0.6) is 0 Å². The van der Waals surface area contributed by atoms with Gasteiger partial charge in [-0.05, 0) is 104 Å². The number of benzene rings is 2. The molecule has 2 aliphatic carbocycles. The second-order valence-electron chi connectivity index (χ2n) is 10.5. The van der Waals surface area contributed by atoms with Crippen molar-refractivity contribution in [2.75, 3.05) is 0 Å². The predicted molar refractivity (Wildman–Crippen MR) is 132 cm³/mol. The van der Waals surface area contributed by atoms with Gasteiger partial charge in [-0.3, -0.25) is 0 Å². The molecule has 0 bridgehead atoms. The standard InChI is InChI=1S/C30H40F2/c1-3-5-7-9-21-11-12-23-18-24(14-13-22(23)17-21)25-15-16-26-19-27(10-8-6-4-2)29(31)30(32)28(26)20-25/h4,6,15-16,19-24H,3,5,7-14,17-18H2,1-2H3. The molecule has 0 radical (unpaired) electrons. The number of hydrogen-bond donors (Lipinski definition) is 0. The van der Waals surface area contributed by atoms with Crippen molar-refractivity contribution in [1.82, 2.24) is 0 Å². The largest absolute Gasteiger partial charge is 0.203 e. The maximum absolute atomic E-state index is 15.0. The van der Waals surface area contributed by atoms with Gasteiger partial charge in [0.15, 0.2) is 11.6 Å². The highest BCUT2D eigenvalue weighted by atomic mass is 19.2. The van der Waals surface area contributed by atoms with Gasteiger partial charge in [0.2, 0.25) is 0 Å². The van der Waals surface area contributed by atoms with E-state index in [1.165, 1.54) is 69.8 Å². The van der Waals surface area contributed by atoms with Crippen LogP contribution in [0.25, 0.3) is 10.8 Å². The maximum Gasteiger partial charge on any atom is 0.166 e. The highest BCUT2D eigenvalue weighted by Crippen LogP contribution is 2.48. The summed E-state index contributed by atoms with van der Waals surface area (Å²) in [5.41, 5.74) is 1.69. The zero-order valence-electron chi connectivity index (χ0n) is 20.0. The minimum absolute atomic E-state index is 0.455. The number of halogens is 2. The zero-order valence-corrected chi connectivity index (χ0v) is 20.0. The Balaban J connectivity index is 1.44. The van der Waals surface area contributed by atoms with Crippen LogP contribution in [0.3, 0.4) is 0 Å². The van der Waals surface area contributed by atoms with Crippen molar-refractivity contribution in [3.8, 4) is 0 Å². The summed E-state index contributed by atoms with van der Waals surface area (Å²) in [7, 11) is 0. The van der Waals surface area contributed by atoms with Gasteiger partial charge < -0.3 is 0 Å². The fourth-order valence-corrected chi connectivity index (χ4v) is 6.48. The van der Waals surface area contributed by atoms with Gasteiger partial charge in [-0.1, -0.05) is 63.3 Å². The van der Waals surface area contributed by atoms with Crippen molar-refractivity contribution < 1.29 is 8.78 Å². The quantitative estimate of drug-likeness (QED) is 0.284. The first-order valence-electron chi connectivity index (χ1n) is 13.1. The van der Waals surface area contributed by atoms with Crippen LogP contribution in [-0.2, 0) is 6.42 Å². The summed E-state index contributed by atoms with van der Waals surface area (Å²) in [6.45, 7) is 4.24. The molecule has 0 aromatic heterocycles. The Hall–Kier alpha value is -1.70. The Labute approximate surface area is 193 Å². The van der Waals surface area contributed by atoms with Crippen LogP contribution >= 0.6 is 0 Å². The lowest BCUT2D eigenvalue weighted by Crippen LogP contribution is -2.30. The molecule has 0 saturated heterocycles. The maximum atomic E-state index is 15.0. The van der Waals surface area contributed by atoms with E-state index in [-0.39, 0.29) is 0 Å². The van der Waals surface area contributed by atoms with Gasteiger partial charge in [0.05, 0.1) is 0 Å². The number of hydrogen-bond acceptors (Lipinski definition) is 0. The van der Waals surface area contributed by atoms with E-state index in [4.69, 9.17) is 0 Å². The third kappa shape index (κ3) is 5.26. The van der Waals surface area contributed by atoms with Crippen molar-refractivity contribution in [3.05, 3.63) is 59.2 Å². The average molecular weight is 439 g/mol. The van der Waals surface area contributed by atoms with Crippen molar-refractivity contribution in [3.63, 3.8) is 0 Å². The van der Waals surface area contributed by atoms with Crippen LogP contribution in [0.2, 0.25) is 0 Å². The first-order chi connectivity index (χ1) is 15.6. The third-order valence-electron chi connectivity index (χ3n) is 8.34. The van der Waals surface area contributed by atoms with E-state index in [0.29, 0.717) is 23.3 Å². The first-order valence-corrected chi connectivity index (χ1v) is 13.1. The normalized spacial score (nSPS) is 26.0. The number of allylic oxidation sites excluding steroid dienone is 2. The molecule has 4 rings (SSSR count). The molecule has 2 aliphatic rings. The molecule has 2 fully saturated rings. The molecule has 32 heavy (non-hydrogen) atoms. The molecule has 0 heterocycles. The lowest BCUT2D eigenvalue weighted by Gasteiger charge is -2.42. The summed E-state index contributed by atoms with van der Waals surface area (Å²) in [6, 6.07) is 7.99. The minimum Gasteiger partial charge on any atom is -0.203 e. The van der Waals surface area contributed by atoms with E-state index in [1.54, 1.807) is 0 Å². The van der Waals surface area contributed by atoms with Gasteiger partial charge in [0.1, 0.15) is 0 Å². The minimum atomic E-state index is -0.666. The molecule has 4 unspecified atom stereocenters. The van der Waals surface area contributed by atoms with Gasteiger partial charge in [-0.15, -0.1) is 0 Å². The van der Waals surface area contributed by atoms with Crippen LogP contribution in [0, 0.1) is 29.4 Å². The van der Waals surface area contributed by atoms with Gasteiger partial charge in [0, 0.05) is 5.39 Å². The molecule has 2 saturated carbocycles. The third-order valence-corrected chi connectivity index (χ3v) is 8.34. The van der Waals surface area contributed by atoms with E-state index >= 15 is 0 Å². The van der Waals surface area contributed by atoms with E-state index in [1.807, 2.05) is 37.3 Å². The number of unbranched alkanes of at least 4 members (excludes halogenated alkanes) is 2. The Kier molecular flexibility index (Phi) is 8.02. The highest BCUT2D eigenvalue weighted by molar-refractivity contribution is 5.85. The average Bonchev–Trinajstić information content (AvgIpc) is 2.82. The Morgan fingerprint density at radius 3 is 2.56 bits per heavy atom. The molecular weight excluding hydrogens is 398 g/mol. The van der Waals surface area contributed by atoms with Gasteiger partial charge >= 0.3 is 0 Å². The van der Waals surface area contributed by atoms with Gasteiger partial charge in [0.25, 0.3) is 0 Å². The van der Waals surface area contributed by atoms with Crippen LogP contribution in [0.15, 0.2) is 36.4 Å². The van der Waals surface area contributed by atoms with Gasteiger partial charge in [-0.25, -0.2) is 8.78 Å². The lowest BCUT2D eigenvalue weighted by molar-refractivity contribution is 0.113. The Bertz CT molecular complexity index is 928. The molecule has 2 aromatic carbocycles. The fraction of sp³-hybridized carbons (Fsp3) is 0.600. The molecular formula is C30H40F2. The topological polar surface area (TPSA) is 0 Å². The second-order valence-corrected chi connectivity index (χ2v) is 10.5. The van der Waals surface area contributed by atoms with Crippen molar-refractivity contribution in [1.29, 1.82) is 0 Å². The number of fused-ring (bicyclic) bond motifs is 2. The van der Waals surface area contributed by atoms with Gasteiger partial charge in [-0.2, -0.15) is 0 Å². The van der Waals surface area contributed by atoms with Crippen LogP contribution in [0.1, 0.15) is 102 Å². The molecule has 0 spiro atoms. The lowest BCUT2D eigenvalue weighted by atomic mass is 9.63. The number of aryl methyl sites for hydroxylation is 1. The molecule has 0 N–H and O–H groups in total. The molecule has 2 heteroatoms. The predicted octanol–water partition coefficient (Wildman–Crippen LogP) is 9.51. The molecule has 0 amide bonds.